The maximum atomic E-state index is 5.41. The second kappa shape index (κ2) is 9.02. The van der Waals surface area contributed by atoms with Crippen molar-refractivity contribution in [2.45, 2.75) is 6.42 Å². The minimum Gasteiger partial charge on any atom is -0.497 e. The van der Waals surface area contributed by atoms with Gasteiger partial charge in [0.25, 0.3) is 0 Å². The largest absolute Gasteiger partial charge is 0.497 e. The Kier molecular flexibility index (Phi) is 6.02. The van der Waals surface area contributed by atoms with Crippen LogP contribution in [0.4, 0.5) is 5.69 Å². The highest BCUT2D eigenvalue weighted by Gasteiger charge is 2.11. The van der Waals surface area contributed by atoms with Gasteiger partial charge >= 0.3 is 0 Å². The standard InChI is InChI=1S/C21H23N5O2S/c1-27-19-8-4-16(5-9-19)14-20-23-24-21(29)26(20)22-15-17-2-6-18(7-3-17)25-10-12-28-13-11-25/h2-9,15H,10-14H2,1H3,(H,24,29)/b22-15-. The first-order chi connectivity index (χ1) is 14.2. The van der Waals surface area contributed by atoms with E-state index in [0.29, 0.717) is 11.2 Å². The van der Waals surface area contributed by atoms with Crippen LogP contribution in [0.5, 0.6) is 5.75 Å². The quantitative estimate of drug-likeness (QED) is 0.500. The van der Waals surface area contributed by atoms with Gasteiger partial charge in [0.05, 0.1) is 26.5 Å². The van der Waals surface area contributed by atoms with E-state index in [1.165, 1.54) is 5.69 Å². The summed E-state index contributed by atoms with van der Waals surface area (Å²) in [4.78, 5) is 2.32. The topological polar surface area (TPSA) is 67.7 Å². The minimum atomic E-state index is 0.467. The summed E-state index contributed by atoms with van der Waals surface area (Å²) in [6, 6.07) is 16.2. The number of H-pyrrole nitrogens is 1. The third-order valence-corrected chi connectivity index (χ3v) is 5.09. The van der Waals surface area contributed by atoms with Crippen LogP contribution < -0.4 is 9.64 Å². The van der Waals surface area contributed by atoms with Gasteiger partial charge in [0.1, 0.15) is 5.75 Å². The van der Waals surface area contributed by atoms with Gasteiger partial charge in [-0.05, 0) is 47.6 Å². The first kappa shape index (κ1) is 19.4. The molecule has 150 valence electrons. The van der Waals surface area contributed by atoms with Crippen molar-refractivity contribution in [1.82, 2.24) is 14.9 Å². The third-order valence-electron chi connectivity index (χ3n) is 4.83. The van der Waals surface area contributed by atoms with Gasteiger partial charge < -0.3 is 14.4 Å². The van der Waals surface area contributed by atoms with Crippen LogP contribution >= 0.6 is 12.2 Å². The molecule has 4 rings (SSSR count). The normalized spacial score (nSPS) is 14.4. The molecule has 2 heterocycles. The Balaban J connectivity index is 1.48. The number of ether oxygens (including phenoxy) is 2. The van der Waals surface area contributed by atoms with Crippen LogP contribution in [0, 0.1) is 4.77 Å². The molecule has 1 aliphatic heterocycles. The Morgan fingerprint density at radius 2 is 1.86 bits per heavy atom. The smallest absolute Gasteiger partial charge is 0.216 e. The van der Waals surface area contributed by atoms with Gasteiger partial charge in [-0.15, -0.1) is 0 Å². The lowest BCUT2D eigenvalue weighted by atomic mass is 10.1. The SMILES string of the molecule is COc1ccc(Cc2n[nH]c(=S)n2/N=C\c2ccc(N3CCOCC3)cc2)cc1. The van der Waals surface area contributed by atoms with Gasteiger partial charge in [0.2, 0.25) is 4.77 Å². The van der Waals surface area contributed by atoms with Crippen LogP contribution in [0.1, 0.15) is 17.0 Å². The zero-order chi connectivity index (χ0) is 20.1. The molecule has 1 aliphatic rings. The number of methoxy groups -OCH3 is 1. The minimum absolute atomic E-state index is 0.467. The van der Waals surface area contributed by atoms with Crippen molar-refractivity contribution in [1.29, 1.82) is 0 Å². The van der Waals surface area contributed by atoms with E-state index < -0.39 is 0 Å². The molecular weight excluding hydrogens is 386 g/mol. The summed E-state index contributed by atoms with van der Waals surface area (Å²) in [5, 5.41) is 11.7. The number of rotatable bonds is 6. The molecule has 0 spiro atoms. The third kappa shape index (κ3) is 4.72. The second-order valence-corrected chi connectivity index (χ2v) is 7.10. The zero-order valence-corrected chi connectivity index (χ0v) is 17.1. The van der Waals surface area contributed by atoms with Crippen molar-refractivity contribution in [3.05, 3.63) is 70.3 Å². The number of hydrogen-bond acceptors (Lipinski definition) is 6. The lowest BCUT2D eigenvalue weighted by molar-refractivity contribution is 0.122. The van der Waals surface area contributed by atoms with Crippen LogP contribution in [-0.4, -0.2) is 54.5 Å². The second-order valence-electron chi connectivity index (χ2n) is 6.72. The Bertz CT molecular complexity index is 1020. The van der Waals surface area contributed by atoms with E-state index >= 15 is 0 Å². The average molecular weight is 410 g/mol. The summed E-state index contributed by atoms with van der Waals surface area (Å²) in [6.07, 6.45) is 2.41. The first-order valence-corrected chi connectivity index (χ1v) is 9.90. The van der Waals surface area contributed by atoms with Gasteiger partial charge in [0.15, 0.2) is 5.82 Å². The van der Waals surface area contributed by atoms with Crippen LogP contribution in [-0.2, 0) is 11.2 Å². The molecule has 29 heavy (non-hydrogen) atoms. The number of benzene rings is 2. The highest BCUT2D eigenvalue weighted by Crippen LogP contribution is 2.17. The summed E-state index contributed by atoms with van der Waals surface area (Å²) in [5.41, 5.74) is 3.30. The first-order valence-electron chi connectivity index (χ1n) is 9.49. The van der Waals surface area contributed by atoms with E-state index in [1.54, 1.807) is 18.0 Å². The predicted octanol–water partition coefficient (Wildman–Crippen LogP) is 3.26. The number of nitrogens with zero attached hydrogens (tertiary/aromatic N) is 4. The highest BCUT2D eigenvalue weighted by molar-refractivity contribution is 7.71. The molecule has 1 saturated heterocycles. The molecule has 2 aromatic carbocycles. The molecule has 0 unspecified atom stereocenters. The number of morpholine rings is 1. The summed E-state index contributed by atoms with van der Waals surface area (Å²) in [5.74, 6) is 1.58. The van der Waals surface area contributed by atoms with Crippen LogP contribution in [0.3, 0.4) is 0 Å². The maximum Gasteiger partial charge on any atom is 0.216 e. The van der Waals surface area contributed by atoms with Gasteiger partial charge in [-0.25, -0.2) is 0 Å². The Morgan fingerprint density at radius 3 is 2.55 bits per heavy atom. The number of hydrogen-bond donors (Lipinski definition) is 1. The molecule has 8 heteroatoms. The van der Waals surface area contributed by atoms with Gasteiger partial charge in [-0.1, -0.05) is 24.3 Å². The fourth-order valence-electron chi connectivity index (χ4n) is 3.20. The highest BCUT2D eigenvalue weighted by atomic mass is 32.1. The predicted molar refractivity (Wildman–Crippen MR) is 116 cm³/mol. The number of aromatic amines is 1. The van der Waals surface area contributed by atoms with Crippen molar-refractivity contribution in [3.63, 3.8) is 0 Å². The van der Waals surface area contributed by atoms with Crippen molar-refractivity contribution in [2.75, 3.05) is 38.3 Å². The molecule has 1 N–H and O–H groups in total. The Labute approximate surface area is 174 Å². The van der Waals surface area contributed by atoms with Crippen LogP contribution in [0.15, 0.2) is 53.6 Å². The van der Waals surface area contributed by atoms with Crippen molar-refractivity contribution < 1.29 is 9.47 Å². The van der Waals surface area contributed by atoms with E-state index in [2.05, 4.69) is 44.5 Å². The molecular formula is C21H23N5O2S. The van der Waals surface area contributed by atoms with Crippen molar-refractivity contribution >= 4 is 24.1 Å². The zero-order valence-electron chi connectivity index (χ0n) is 16.2. The summed E-state index contributed by atoms with van der Waals surface area (Å²) in [6.45, 7) is 3.40. The van der Waals surface area contributed by atoms with E-state index in [0.717, 1.165) is 49.0 Å². The lowest BCUT2D eigenvalue weighted by Crippen LogP contribution is -2.36. The van der Waals surface area contributed by atoms with E-state index in [9.17, 15) is 0 Å². The van der Waals surface area contributed by atoms with E-state index in [4.69, 9.17) is 21.7 Å². The van der Waals surface area contributed by atoms with Gasteiger partial charge in [-0.3, -0.25) is 5.10 Å². The fourth-order valence-corrected chi connectivity index (χ4v) is 3.40. The van der Waals surface area contributed by atoms with Crippen molar-refractivity contribution in [3.8, 4) is 5.75 Å². The van der Waals surface area contributed by atoms with E-state index in [1.807, 2.05) is 24.3 Å². The molecule has 1 fully saturated rings. The molecule has 0 saturated carbocycles. The van der Waals surface area contributed by atoms with Gasteiger partial charge in [0, 0.05) is 25.2 Å². The molecule has 7 nitrogen and oxygen atoms in total. The van der Waals surface area contributed by atoms with Crippen molar-refractivity contribution in [2.24, 2.45) is 5.10 Å². The van der Waals surface area contributed by atoms with E-state index in [-0.39, 0.29) is 0 Å². The number of nitrogens with one attached hydrogen (secondary N) is 1. The molecule has 0 bridgehead atoms. The van der Waals surface area contributed by atoms with Crippen LogP contribution in [0.2, 0.25) is 0 Å². The molecule has 0 aliphatic carbocycles. The molecule has 0 radical (unpaired) electrons. The Morgan fingerprint density at radius 1 is 1.14 bits per heavy atom. The summed E-state index contributed by atoms with van der Waals surface area (Å²) in [7, 11) is 1.66. The fraction of sp³-hybridized carbons (Fsp3) is 0.286. The lowest BCUT2D eigenvalue weighted by Gasteiger charge is -2.28. The maximum absolute atomic E-state index is 5.41. The number of aromatic nitrogens is 3. The number of anilines is 1. The molecule has 0 atom stereocenters. The van der Waals surface area contributed by atoms with Crippen LogP contribution in [0.25, 0.3) is 0 Å². The Hall–Kier alpha value is -2.97. The average Bonchev–Trinajstić information content (AvgIpc) is 3.13. The monoisotopic (exact) mass is 409 g/mol. The molecule has 0 amide bonds. The summed E-state index contributed by atoms with van der Waals surface area (Å²) < 4.78 is 12.7. The summed E-state index contributed by atoms with van der Waals surface area (Å²) >= 11 is 5.34. The molecule has 1 aromatic heterocycles. The van der Waals surface area contributed by atoms with Gasteiger partial charge in [-0.2, -0.15) is 14.9 Å². The molecule has 3 aromatic rings.